The number of hydrogen-bond acceptors (Lipinski definition) is 6. The first-order valence-corrected chi connectivity index (χ1v) is 15.0. The Morgan fingerprint density at radius 2 is 1.50 bits per heavy atom. The Hall–Kier alpha value is -1.21. The zero-order valence-corrected chi connectivity index (χ0v) is 23.7. The van der Waals surface area contributed by atoms with Crippen molar-refractivity contribution in [2.75, 3.05) is 0 Å². The van der Waals surface area contributed by atoms with E-state index in [0.29, 0.717) is 12.8 Å². The van der Waals surface area contributed by atoms with Crippen LogP contribution in [-0.4, -0.2) is 30.2 Å². The van der Waals surface area contributed by atoms with E-state index in [2.05, 4.69) is 32.9 Å². The number of allylic oxidation sites excluding steroid dienone is 6. The maximum absolute atomic E-state index is 12.6. The van der Waals surface area contributed by atoms with Crippen molar-refractivity contribution in [1.29, 1.82) is 0 Å². The lowest BCUT2D eigenvalue weighted by Crippen LogP contribution is -2.27. The van der Waals surface area contributed by atoms with Gasteiger partial charge in [0.1, 0.15) is 0 Å². The first kappa shape index (κ1) is 32.8. The quantitative estimate of drug-likeness (QED) is 0.0539. The summed E-state index contributed by atoms with van der Waals surface area (Å²) in [6.07, 6.45) is 10.5. The lowest BCUT2D eigenvalue weighted by atomic mass is 10.1. The largest absolute Gasteiger partial charge is 0.435 e. The smallest absolute Gasteiger partial charge is 0.307 e. The summed E-state index contributed by atoms with van der Waals surface area (Å²) < 4.78 is 56.3. The van der Waals surface area contributed by atoms with Gasteiger partial charge in [-0.2, -0.15) is 8.42 Å². The fourth-order valence-corrected chi connectivity index (χ4v) is 5.82. The molecule has 0 aliphatic carbocycles. The lowest BCUT2D eigenvalue weighted by molar-refractivity contribution is -0.168. The summed E-state index contributed by atoms with van der Waals surface area (Å²) in [6, 6.07) is 0. The maximum atomic E-state index is 12.6. The summed E-state index contributed by atoms with van der Waals surface area (Å²) in [7, 11) is -7.79. The minimum atomic E-state index is -4.57. The van der Waals surface area contributed by atoms with Crippen LogP contribution in [0.5, 0.6) is 0 Å². The van der Waals surface area contributed by atoms with Crippen molar-refractivity contribution in [3.05, 3.63) is 34.9 Å². The molecule has 0 aliphatic rings. The van der Waals surface area contributed by atoms with Crippen molar-refractivity contribution in [2.45, 2.75) is 111 Å². The van der Waals surface area contributed by atoms with Crippen molar-refractivity contribution in [1.82, 2.24) is 0 Å². The second kappa shape index (κ2) is 17.3. The number of unbranched alkanes of at least 4 members (excludes halogenated alkanes) is 1. The number of rotatable bonds is 17. The molecule has 9 heteroatoms. The molecule has 0 fully saturated rings. The van der Waals surface area contributed by atoms with E-state index < -0.39 is 35.4 Å². The zero-order valence-electron chi connectivity index (χ0n) is 21.9. The monoisotopic (exact) mass is 520 g/mol. The SMILES string of the molecule is CCC(=O)OC(O[PH](=O)C(CCCC=C(C)CCC=C(C)CCC=C(C)C)S(=O)(=O)O)C(C)C. The van der Waals surface area contributed by atoms with Crippen molar-refractivity contribution in [3.8, 4) is 0 Å². The Morgan fingerprint density at radius 1 is 0.971 bits per heavy atom. The molecule has 3 atom stereocenters. The van der Waals surface area contributed by atoms with E-state index in [0.717, 1.165) is 25.7 Å². The molecule has 0 rings (SSSR count). The molecule has 0 amide bonds. The van der Waals surface area contributed by atoms with Crippen molar-refractivity contribution in [3.63, 3.8) is 0 Å². The van der Waals surface area contributed by atoms with Crippen LogP contribution in [0.2, 0.25) is 0 Å². The topological polar surface area (TPSA) is 107 Å². The average Bonchev–Trinajstić information content (AvgIpc) is 2.71. The number of carbonyl (C=O) groups excluding carboxylic acids is 1. The fourth-order valence-electron chi connectivity index (χ4n) is 3.08. The molecule has 0 aliphatic heterocycles. The van der Waals surface area contributed by atoms with Gasteiger partial charge in [-0.15, -0.1) is 0 Å². The predicted octanol–water partition coefficient (Wildman–Crippen LogP) is 7.22. The Bertz CT molecular complexity index is 837. The highest BCUT2D eigenvalue weighted by molar-refractivity contribution is 7.92. The van der Waals surface area contributed by atoms with E-state index in [1.54, 1.807) is 20.8 Å². The summed E-state index contributed by atoms with van der Waals surface area (Å²) in [5.74, 6) is -0.850. The fraction of sp³-hybridized carbons (Fsp3) is 0.720. The summed E-state index contributed by atoms with van der Waals surface area (Å²) >= 11 is 0. The third-order valence-corrected chi connectivity index (χ3v) is 8.93. The van der Waals surface area contributed by atoms with Crippen LogP contribution in [0.1, 0.15) is 99.8 Å². The van der Waals surface area contributed by atoms with Crippen LogP contribution in [-0.2, 0) is 28.7 Å². The molecular formula is C25H45O7PS. The highest BCUT2D eigenvalue weighted by atomic mass is 32.2. The molecule has 0 saturated heterocycles. The third-order valence-electron chi connectivity index (χ3n) is 5.22. The molecule has 0 aromatic rings. The molecule has 0 bridgehead atoms. The molecule has 0 heterocycles. The van der Waals surface area contributed by atoms with Crippen LogP contribution >= 0.6 is 8.03 Å². The van der Waals surface area contributed by atoms with Gasteiger partial charge in [0.2, 0.25) is 14.3 Å². The van der Waals surface area contributed by atoms with Crippen LogP contribution in [0.3, 0.4) is 0 Å². The Kier molecular flexibility index (Phi) is 16.6. The summed E-state index contributed by atoms with van der Waals surface area (Å²) in [4.78, 5) is 10.0. The van der Waals surface area contributed by atoms with E-state index in [1.165, 1.54) is 16.7 Å². The molecule has 3 unspecified atom stereocenters. The number of esters is 1. The van der Waals surface area contributed by atoms with E-state index in [1.807, 2.05) is 13.0 Å². The van der Waals surface area contributed by atoms with Gasteiger partial charge in [0.05, 0.1) is 0 Å². The van der Waals surface area contributed by atoms with Crippen molar-refractivity contribution in [2.24, 2.45) is 5.92 Å². The minimum Gasteiger partial charge on any atom is -0.435 e. The lowest BCUT2D eigenvalue weighted by Gasteiger charge is -2.23. The van der Waals surface area contributed by atoms with Gasteiger partial charge in [0, 0.05) is 12.3 Å². The summed E-state index contributed by atoms with van der Waals surface area (Å²) in [5.41, 5.74) is 3.90. The van der Waals surface area contributed by atoms with E-state index in [4.69, 9.17) is 9.26 Å². The predicted molar refractivity (Wildman–Crippen MR) is 140 cm³/mol. The van der Waals surface area contributed by atoms with Gasteiger partial charge in [-0.05, 0) is 72.6 Å². The number of hydrogen-bond donors (Lipinski definition) is 1. The normalized spacial score (nSPS) is 15.7. The molecule has 0 aromatic carbocycles. The second-order valence-electron chi connectivity index (χ2n) is 9.29. The molecule has 0 saturated carbocycles. The second-order valence-corrected chi connectivity index (χ2v) is 12.9. The maximum Gasteiger partial charge on any atom is 0.307 e. The Morgan fingerprint density at radius 3 is 1.97 bits per heavy atom. The molecular weight excluding hydrogens is 475 g/mol. The summed E-state index contributed by atoms with van der Waals surface area (Å²) in [6.45, 7) is 13.4. The van der Waals surface area contributed by atoms with E-state index >= 15 is 0 Å². The van der Waals surface area contributed by atoms with Crippen LogP contribution in [0.15, 0.2) is 34.9 Å². The Balaban J connectivity index is 4.75. The molecule has 34 heavy (non-hydrogen) atoms. The van der Waals surface area contributed by atoms with Gasteiger partial charge >= 0.3 is 5.97 Å². The van der Waals surface area contributed by atoms with Gasteiger partial charge in [-0.25, -0.2) is 0 Å². The number of carbonyl (C=O) groups is 1. The zero-order chi connectivity index (χ0) is 26.3. The molecule has 7 nitrogen and oxygen atoms in total. The van der Waals surface area contributed by atoms with E-state index in [-0.39, 0.29) is 18.8 Å². The summed E-state index contributed by atoms with van der Waals surface area (Å²) in [5, 5.41) is 0. The molecule has 1 N–H and O–H groups in total. The van der Waals surface area contributed by atoms with Crippen LogP contribution in [0.25, 0.3) is 0 Å². The van der Waals surface area contributed by atoms with Gasteiger partial charge < -0.3 is 4.74 Å². The van der Waals surface area contributed by atoms with Crippen molar-refractivity contribution >= 4 is 24.1 Å². The van der Waals surface area contributed by atoms with Gasteiger partial charge in [0.25, 0.3) is 10.1 Å². The van der Waals surface area contributed by atoms with Crippen LogP contribution < -0.4 is 0 Å². The Labute approximate surface area is 207 Å². The minimum absolute atomic E-state index is 0.00365. The molecule has 0 radical (unpaired) electrons. The van der Waals surface area contributed by atoms with Gasteiger partial charge in [-0.1, -0.05) is 55.7 Å². The van der Waals surface area contributed by atoms with Crippen LogP contribution in [0, 0.1) is 5.92 Å². The standard InChI is InChI=1S/C25H45O7PS/c1-8-23(26)31-25(20(4)5)32-33(27)24(34(28,29)30)18-10-9-14-21(6)16-12-17-22(7)15-11-13-19(2)3/h13-14,17,20,24-25,33H,8-12,15-16,18H2,1-7H3,(H,28,29,30). The van der Waals surface area contributed by atoms with Crippen molar-refractivity contribution < 1.29 is 31.6 Å². The molecule has 198 valence electrons. The van der Waals surface area contributed by atoms with Gasteiger partial charge in [0.15, 0.2) is 4.99 Å². The first-order valence-electron chi connectivity index (χ1n) is 12.1. The van der Waals surface area contributed by atoms with E-state index in [9.17, 15) is 22.3 Å². The highest BCUT2D eigenvalue weighted by Crippen LogP contribution is 2.39. The first-order chi connectivity index (χ1) is 15.8. The number of ether oxygens (including phenoxy) is 1. The highest BCUT2D eigenvalue weighted by Gasteiger charge is 2.33. The molecule has 0 spiro atoms. The average molecular weight is 521 g/mol. The van der Waals surface area contributed by atoms with Gasteiger partial charge in [-0.3, -0.25) is 18.4 Å². The third kappa shape index (κ3) is 15.6. The molecule has 0 aromatic heterocycles. The van der Waals surface area contributed by atoms with Crippen LogP contribution in [0.4, 0.5) is 0 Å².